The monoisotopic (exact) mass is 394 g/mol. The summed E-state index contributed by atoms with van der Waals surface area (Å²) in [6.07, 6.45) is 9.25. The predicted molar refractivity (Wildman–Crippen MR) is 111 cm³/mol. The van der Waals surface area contributed by atoms with E-state index in [9.17, 15) is 9.59 Å². The number of esters is 1. The van der Waals surface area contributed by atoms with E-state index in [0.29, 0.717) is 30.8 Å². The van der Waals surface area contributed by atoms with Crippen molar-refractivity contribution in [2.45, 2.75) is 57.9 Å². The lowest BCUT2D eigenvalue weighted by molar-refractivity contribution is -0.154. The zero-order valence-corrected chi connectivity index (χ0v) is 17.1. The van der Waals surface area contributed by atoms with Crippen LogP contribution in [0.15, 0.2) is 30.5 Å². The van der Waals surface area contributed by atoms with Crippen LogP contribution in [0, 0.1) is 23.2 Å². The maximum Gasteiger partial charge on any atom is 0.328 e. The fourth-order valence-electron chi connectivity index (χ4n) is 6.66. The summed E-state index contributed by atoms with van der Waals surface area (Å²) in [5, 5.41) is 4.22. The first-order valence-electron chi connectivity index (χ1n) is 11.1. The molecule has 0 aliphatic heterocycles. The molecule has 4 aliphatic carbocycles. The molecule has 2 N–H and O–H groups in total. The van der Waals surface area contributed by atoms with Crippen LogP contribution in [0.3, 0.4) is 0 Å². The van der Waals surface area contributed by atoms with Crippen LogP contribution < -0.4 is 5.32 Å². The average molecular weight is 395 g/mol. The fraction of sp³-hybridized carbons (Fsp3) is 0.583. The Labute approximate surface area is 171 Å². The third-order valence-electron chi connectivity index (χ3n) is 7.50. The van der Waals surface area contributed by atoms with E-state index in [0.717, 1.165) is 35.7 Å². The molecule has 4 saturated carbocycles. The lowest BCUT2D eigenvalue weighted by atomic mass is 9.49. The fourth-order valence-corrected chi connectivity index (χ4v) is 6.66. The highest BCUT2D eigenvalue weighted by atomic mass is 16.5. The lowest BCUT2D eigenvalue weighted by Gasteiger charge is -2.55. The van der Waals surface area contributed by atoms with Crippen molar-refractivity contribution in [3.63, 3.8) is 0 Å². The van der Waals surface area contributed by atoms with Crippen LogP contribution in [0.2, 0.25) is 0 Å². The Bertz CT molecular complexity index is 896. The Hall–Kier alpha value is -2.30. The number of carbonyl (C=O) groups is 2. The van der Waals surface area contributed by atoms with Crippen molar-refractivity contribution in [3.8, 4) is 0 Å². The smallest absolute Gasteiger partial charge is 0.328 e. The predicted octanol–water partition coefficient (Wildman–Crippen LogP) is 3.97. The molecule has 0 spiro atoms. The molecule has 4 aliphatic rings. The lowest BCUT2D eigenvalue weighted by Crippen LogP contribution is -2.56. The zero-order chi connectivity index (χ0) is 20.0. The molecular formula is C24H30N2O3. The second-order valence-electron chi connectivity index (χ2n) is 9.54. The number of para-hydroxylation sites is 1. The molecule has 1 heterocycles. The van der Waals surface area contributed by atoms with Gasteiger partial charge in [0.1, 0.15) is 6.04 Å². The minimum atomic E-state index is -0.644. The minimum Gasteiger partial charge on any atom is -0.464 e. The van der Waals surface area contributed by atoms with E-state index < -0.39 is 6.04 Å². The quantitative estimate of drug-likeness (QED) is 0.728. The highest BCUT2D eigenvalue weighted by Crippen LogP contribution is 2.60. The number of aromatic nitrogens is 1. The number of fused-ring (bicyclic) bond motifs is 1. The van der Waals surface area contributed by atoms with Gasteiger partial charge in [-0.3, -0.25) is 4.79 Å². The molecular weight excluding hydrogens is 364 g/mol. The van der Waals surface area contributed by atoms with Crippen molar-refractivity contribution in [2.24, 2.45) is 23.2 Å². The molecule has 5 nitrogen and oxygen atoms in total. The topological polar surface area (TPSA) is 71.2 Å². The summed E-state index contributed by atoms with van der Waals surface area (Å²) < 4.78 is 5.32. The van der Waals surface area contributed by atoms with E-state index in [4.69, 9.17) is 4.74 Å². The van der Waals surface area contributed by atoms with Gasteiger partial charge in [0.15, 0.2) is 0 Å². The molecule has 5 heteroatoms. The summed E-state index contributed by atoms with van der Waals surface area (Å²) in [5.41, 5.74) is 1.81. The molecule has 154 valence electrons. The van der Waals surface area contributed by atoms with Crippen molar-refractivity contribution in [1.29, 1.82) is 0 Å². The van der Waals surface area contributed by atoms with Crippen LogP contribution in [0.1, 0.15) is 51.0 Å². The number of H-pyrrole nitrogens is 1. The molecule has 29 heavy (non-hydrogen) atoms. The summed E-state index contributed by atoms with van der Waals surface area (Å²) in [4.78, 5) is 29.5. The normalized spacial score (nSPS) is 31.0. The molecule has 1 atom stereocenters. The van der Waals surface area contributed by atoms with Gasteiger partial charge in [0.05, 0.1) is 6.61 Å². The van der Waals surface area contributed by atoms with Gasteiger partial charge in [-0.1, -0.05) is 18.2 Å². The van der Waals surface area contributed by atoms with Gasteiger partial charge in [0, 0.05) is 28.9 Å². The maximum absolute atomic E-state index is 13.5. The SMILES string of the molecule is CCOC(=O)[C@@H](Cc1c[nH]c2ccccc12)NC(=O)C12CC3CC(CC(C3)C1)C2. The summed E-state index contributed by atoms with van der Waals surface area (Å²) in [7, 11) is 0. The van der Waals surface area contributed by atoms with Crippen LogP contribution in [0.4, 0.5) is 0 Å². The van der Waals surface area contributed by atoms with Gasteiger partial charge < -0.3 is 15.0 Å². The third kappa shape index (κ3) is 3.34. The summed E-state index contributed by atoms with van der Waals surface area (Å²) in [6.45, 7) is 2.12. The van der Waals surface area contributed by atoms with E-state index >= 15 is 0 Å². The first-order valence-corrected chi connectivity index (χ1v) is 11.1. The minimum absolute atomic E-state index is 0.0782. The van der Waals surface area contributed by atoms with Crippen LogP contribution >= 0.6 is 0 Å². The van der Waals surface area contributed by atoms with Gasteiger partial charge in [-0.2, -0.15) is 0 Å². The molecule has 4 bridgehead atoms. The van der Waals surface area contributed by atoms with Crippen LogP contribution in [-0.4, -0.2) is 29.5 Å². The van der Waals surface area contributed by atoms with Crippen LogP contribution in [-0.2, 0) is 20.7 Å². The average Bonchev–Trinajstić information content (AvgIpc) is 3.09. The number of aromatic amines is 1. The largest absolute Gasteiger partial charge is 0.464 e. The van der Waals surface area contributed by atoms with E-state index in [1.165, 1.54) is 19.3 Å². The first kappa shape index (κ1) is 18.7. The Morgan fingerprint density at radius 3 is 2.45 bits per heavy atom. The van der Waals surface area contributed by atoms with E-state index in [1.54, 1.807) is 0 Å². The Morgan fingerprint density at radius 2 is 1.79 bits per heavy atom. The highest BCUT2D eigenvalue weighted by Gasteiger charge is 2.55. The van der Waals surface area contributed by atoms with Crippen LogP contribution in [0.5, 0.6) is 0 Å². The molecule has 0 radical (unpaired) electrons. The molecule has 0 saturated heterocycles. The maximum atomic E-state index is 13.5. The number of nitrogens with one attached hydrogen (secondary N) is 2. The molecule has 2 aromatic rings. The van der Waals surface area contributed by atoms with E-state index in [1.807, 2.05) is 37.4 Å². The van der Waals surface area contributed by atoms with Crippen molar-refractivity contribution in [2.75, 3.05) is 6.61 Å². The highest BCUT2D eigenvalue weighted by molar-refractivity contribution is 5.89. The summed E-state index contributed by atoms with van der Waals surface area (Å²) in [5.74, 6) is 1.83. The van der Waals surface area contributed by atoms with E-state index in [2.05, 4.69) is 10.3 Å². The van der Waals surface area contributed by atoms with E-state index in [-0.39, 0.29) is 17.3 Å². The molecule has 0 unspecified atom stereocenters. The summed E-state index contributed by atoms with van der Waals surface area (Å²) >= 11 is 0. The Morgan fingerprint density at radius 1 is 1.14 bits per heavy atom. The molecule has 1 amide bonds. The molecule has 4 fully saturated rings. The summed E-state index contributed by atoms with van der Waals surface area (Å²) in [6, 6.07) is 7.40. The van der Waals surface area contributed by atoms with Crippen molar-refractivity contribution in [1.82, 2.24) is 10.3 Å². The van der Waals surface area contributed by atoms with Gasteiger partial charge in [0.2, 0.25) is 5.91 Å². The number of ether oxygens (including phenoxy) is 1. The molecule has 1 aromatic heterocycles. The van der Waals surface area contributed by atoms with Crippen LogP contribution in [0.25, 0.3) is 10.9 Å². The second kappa shape index (κ2) is 7.19. The Kier molecular flexibility index (Phi) is 4.64. The Balaban J connectivity index is 1.37. The van der Waals surface area contributed by atoms with Gasteiger partial charge in [0.25, 0.3) is 0 Å². The number of rotatable bonds is 6. The number of carbonyl (C=O) groups excluding carboxylic acids is 2. The zero-order valence-electron chi connectivity index (χ0n) is 17.1. The number of hydrogen-bond acceptors (Lipinski definition) is 3. The van der Waals surface area contributed by atoms with Gasteiger partial charge in [-0.05, 0) is 74.8 Å². The van der Waals surface area contributed by atoms with Gasteiger partial charge in [-0.15, -0.1) is 0 Å². The third-order valence-corrected chi connectivity index (χ3v) is 7.50. The van der Waals surface area contributed by atoms with Gasteiger partial charge in [-0.25, -0.2) is 4.79 Å². The number of hydrogen-bond donors (Lipinski definition) is 2. The van der Waals surface area contributed by atoms with Crippen molar-refractivity contribution >= 4 is 22.8 Å². The first-order chi connectivity index (χ1) is 14.1. The standard InChI is InChI=1S/C24H30N2O3/c1-2-29-22(27)21(10-18-14-25-20-6-4-3-5-19(18)20)26-23(28)24-11-15-7-16(12-24)9-17(8-15)13-24/h3-6,14-17,21,25H,2,7-13H2,1H3,(H,26,28)/t15?,16?,17?,21-,24?/m1/s1. The van der Waals surface area contributed by atoms with Crippen molar-refractivity contribution < 1.29 is 14.3 Å². The number of amides is 1. The van der Waals surface area contributed by atoms with Crippen molar-refractivity contribution in [3.05, 3.63) is 36.0 Å². The molecule has 1 aromatic carbocycles. The second-order valence-corrected chi connectivity index (χ2v) is 9.54. The molecule has 6 rings (SSSR count). The van der Waals surface area contributed by atoms with Gasteiger partial charge >= 0.3 is 5.97 Å². The number of benzene rings is 1.